The SMILES string of the molecule is CC#Cc1ccccc1C(O)(C#Cc1ccc(F)cc1)C#Cc1ccc(F)cc1. The third kappa shape index (κ3) is 5.12. The number of hydrogen-bond donors (Lipinski definition) is 1. The average Bonchev–Trinajstić information content (AvgIpc) is 2.74. The standard InChI is InChI=1S/C26H16F2O/c1-2-5-22-6-3-4-7-25(22)26(29,18-16-20-8-12-23(27)13-9-20)19-17-21-10-14-24(28)15-11-21/h3-4,6-15,29H,1H3. The Morgan fingerprint density at radius 2 is 1.17 bits per heavy atom. The molecule has 3 rings (SSSR count). The fourth-order valence-corrected chi connectivity index (χ4v) is 2.60. The Hall–Kier alpha value is -3.84. The lowest BCUT2D eigenvalue weighted by molar-refractivity contribution is 0.164. The van der Waals surface area contributed by atoms with E-state index in [2.05, 4.69) is 35.5 Å². The molecule has 0 unspecified atom stereocenters. The molecule has 3 aromatic carbocycles. The molecule has 29 heavy (non-hydrogen) atoms. The normalized spacial score (nSPS) is 9.93. The zero-order valence-corrected chi connectivity index (χ0v) is 15.6. The van der Waals surface area contributed by atoms with E-state index < -0.39 is 5.60 Å². The summed E-state index contributed by atoms with van der Waals surface area (Å²) in [6, 6.07) is 18.3. The first-order valence-corrected chi connectivity index (χ1v) is 8.82. The van der Waals surface area contributed by atoms with Gasteiger partial charge in [0.2, 0.25) is 5.60 Å². The van der Waals surface area contributed by atoms with Gasteiger partial charge in [-0.3, -0.25) is 0 Å². The van der Waals surface area contributed by atoms with Crippen LogP contribution in [0, 0.1) is 47.2 Å². The summed E-state index contributed by atoms with van der Waals surface area (Å²) in [4.78, 5) is 0. The molecule has 0 aliphatic carbocycles. The minimum atomic E-state index is -1.83. The van der Waals surface area contributed by atoms with Gasteiger partial charge in [-0.1, -0.05) is 36.0 Å². The molecule has 0 saturated carbocycles. The maximum absolute atomic E-state index is 13.1. The Morgan fingerprint density at radius 1 is 0.690 bits per heavy atom. The van der Waals surface area contributed by atoms with Crippen LogP contribution in [0.4, 0.5) is 8.78 Å². The predicted octanol–water partition coefficient (Wildman–Crippen LogP) is 4.63. The van der Waals surface area contributed by atoms with Crippen LogP contribution in [-0.4, -0.2) is 5.11 Å². The van der Waals surface area contributed by atoms with Gasteiger partial charge in [0, 0.05) is 22.3 Å². The minimum Gasteiger partial charge on any atom is -0.363 e. The van der Waals surface area contributed by atoms with Crippen molar-refractivity contribution in [2.24, 2.45) is 0 Å². The van der Waals surface area contributed by atoms with Crippen LogP contribution in [0.1, 0.15) is 29.2 Å². The van der Waals surface area contributed by atoms with Gasteiger partial charge in [-0.25, -0.2) is 8.78 Å². The summed E-state index contributed by atoms with van der Waals surface area (Å²) in [6.45, 7) is 1.70. The van der Waals surface area contributed by atoms with Gasteiger partial charge in [0.1, 0.15) is 11.6 Å². The van der Waals surface area contributed by atoms with E-state index >= 15 is 0 Å². The summed E-state index contributed by atoms with van der Waals surface area (Å²) in [7, 11) is 0. The van der Waals surface area contributed by atoms with Gasteiger partial charge in [-0.15, -0.1) is 5.92 Å². The molecule has 0 aliphatic rings. The van der Waals surface area contributed by atoms with Crippen LogP contribution in [0.25, 0.3) is 0 Å². The van der Waals surface area contributed by atoms with Crippen molar-refractivity contribution in [2.45, 2.75) is 12.5 Å². The molecule has 3 aromatic rings. The van der Waals surface area contributed by atoms with E-state index in [-0.39, 0.29) is 11.6 Å². The van der Waals surface area contributed by atoms with Gasteiger partial charge in [0.25, 0.3) is 0 Å². The third-order valence-corrected chi connectivity index (χ3v) is 4.04. The van der Waals surface area contributed by atoms with Crippen LogP contribution in [0.2, 0.25) is 0 Å². The molecule has 0 saturated heterocycles. The van der Waals surface area contributed by atoms with Gasteiger partial charge in [0.05, 0.1) is 0 Å². The largest absolute Gasteiger partial charge is 0.363 e. The second-order valence-electron chi connectivity index (χ2n) is 6.14. The van der Waals surface area contributed by atoms with Crippen molar-refractivity contribution < 1.29 is 13.9 Å². The fraction of sp³-hybridized carbons (Fsp3) is 0.0769. The highest BCUT2D eigenvalue weighted by atomic mass is 19.1. The third-order valence-electron chi connectivity index (χ3n) is 4.04. The van der Waals surface area contributed by atoms with Gasteiger partial charge in [-0.05, 0) is 73.4 Å². The van der Waals surface area contributed by atoms with Gasteiger partial charge in [0.15, 0.2) is 0 Å². The summed E-state index contributed by atoms with van der Waals surface area (Å²) in [5.74, 6) is 16.3. The van der Waals surface area contributed by atoms with Crippen LogP contribution in [0.5, 0.6) is 0 Å². The molecule has 0 fully saturated rings. The molecule has 0 bridgehead atoms. The average molecular weight is 382 g/mol. The lowest BCUT2D eigenvalue weighted by atomic mass is 9.90. The summed E-state index contributed by atoms with van der Waals surface area (Å²) < 4.78 is 26.3. The highest BCUT2D eigenvalue weighted by Crippen LogP contribution is 2.24. The van der Waals surface area contributed by atoms with Crippen molar-refractivity contribution >= 4 is 0 Å². The summed E-state index contributed by atoms with van der Waals surface area (Å²) >= 11 is 0. The second kappa shape index (κ2) is 8.90. The number of benzene rings is 3. The summed E-state index contributed by atoms with van der Waals surface area (Å²) in [5, 5.41) is 11.4. The van der Waals surface area contributed by atoms with Crippen molar-refractivity contribution in [3.63, 3.8) is 0 Å². The van der Waals surface area contributed by atoms with E-state index in [1.807, 2.05) is 6.07 Å². The van der Waals surface area contributed by atoms with E-state index in [1.165, 1.54) is 48.5 Å². The quantitative estimate of drug-likeness (QED) is 0.609. The predicted molar refractivity (Wildman–Crippen MR) is 109 cm³/mol. The summed E-state index contributed by atoms with van der Waals surface area (Å²) in [6.07, 6.45) is 0. The number of aliphatic hydroxyl groups is 1. The van der Waals surface area contributed by atoms with E-state index in [4.69, 9.17) is 0 Å². The van der Waals surface area contributed by atoms with E-state index in [1.54, 1.807) is 25.1 Å². The molecule has 140 valence electrons. The lowest BCUT2D eigenvalue weighted by Crippen LogP contribution is -2.23. The van der Waals surface area contributed by atoms with E-state index in [9.17, 15) is 13.9 Å². The Kier molecular flexibility index (Phi) is 6.11. The van der Waals surface area contributed by atoms with Crippen LogP contribution < -0.4 is 0 Å². The number of halogens is 2. The molecule has 0 aromatic heterocycles. The molecule has 0 aliphatic heterocycles. The highest BCUT2D eigenvalue weighted by molar-refractivity contribution is 5.54. The zero-order chi connectivity index (χ0) is 20.7. The lowest BCUT2D eigenvalue weighted by Gasteiger charge is -2.18. The Morgan fingerprint density at radius 3 is 1.66 bits per heavy atom. The van der Waals surface area contributed by atoms with Crippen LogP contribution in [0.3, 0.4) is 0 Å². The number of rotatable bonds is 1. The Labute approximate surface area is 169 Å². The second-order valence-corrected chi connectivity index (χ2v) is 6.14. The van der Waals surface area contributed by atoms with Crippen molar-refractivity contribution in [3.05, 3.63) is 107 Å². The van der Waals surface area contributed by atoms with Gasteiger partial charge in [-0.2, -0.15) is 0 Å². The van der Waals surface area contributed by atoms with Gasteiger partial charge >= 0.3 is 0 Å². The summed E-state index contributed by atoms with van der Waals surface area (Å²) in [5.41, 5.74) is 0.279. The topological polar surface area (TPSA) is 20.2 Å². The molecule has 0 radical (unpaired) electrons. The first kappa shape index (κ1) is 19.9. The maximum Gasteiger partial charge on any atom is 0.215 e. The minimum absolute atomic E-state index is 0.370. The van der Waals surface area contributed by atoms with Crippen molar-refractivity contribution in [3.8, 4) is 35.5 Å². The van der Waals surface area contributed by atoms with Crippen LogP contribution in [-0.2, 0) is 5.60 Å². The molecule has 0 spiro atoms. The van der Waals surface area contributed by atoms with Gasteiger partial charge < -0.3 is 5.11 Å². The molecular formula is C26H16F2O. The van der Waals surface area contributed by atoms with Crippen molar-refractivity contribution in [2.75, 3.05) is 0 Å². The van der Waals surface area contributed by atoms with Crippen molar-refractivity contribution in [1.29, 1.82) is 0 Å². The van der Waals surface area contributed by atoms with Crippen LogP contribution >= 0.6 is 0 Å². The highest BCUT2D eigenvalue weighted by Gasteiger charge is 2.27. The molecule has 3 heteroatoms. The van der Waals surface area contributed by atoms with E-state index in [0.717, 1.165) is 0 Å². The molecule has 1 nitrogen and oxygen atoms in total. The first-order chi connectivity index (χ1) is 14.0. The molecule has 1 N–H and O–H groups in total. The molecular weight excluding hydrogens is 366 g/mol. The monoisotopic (exact) mass is 382 g/mol. The first-order valence-electron chi connectivity index (χ1n) is 8.82. The van der Waals surface area contributed by atoms with E-state index in [0.29, 0.717) is 22.3 Å². The smallest absolute Gasteiger partial charge is 0.215 e. The maximum atomic E-state index is 13.1. The van der Waals surface area contributed by atoms with Crippen molar-refractivity contribution in [1.82, 2.24) is 0 Å². The Balaban J connectivity index is 2.12. The molecule has 0 amide bonds. The molecule has 0 atom stereocenters. The number of hydrogen-bond acceptors (Lipinski definition) is 1. The Bertz CT molecular complexity index is 1130. The fourth-order valence-electron chi connectivity index (χ4n) is 2.60. The molecule has 0 heterocycles. The van der Waals surface area contributed by atoms with Crippen LogP contribution in [0.15, 0.2) is 72.8 Å². The zero-order valence-electron chi connectivity index (χ0n) is 15.6.